The number of allylic oxidation sites excluding steroid dienone is 2. The van der Waals surface area contributed by atoms with Crippen molar-refractivity contribution in [2.75, 3.05) is 56.8 Å². The van der Waals surface area contributed by atoms with Crippen LogP contribution >= 0.6 is 0 Å². The maximum atomic E-state index is 13.7. The molecule has 386 valence electrons. The fourth-order valence-electron chi connectivity index (χ4n) is 9.37. The molecule has 0 aromatic heterocycles. The highest BCUT2D eigenvalue weighted by atomic mass is 16.6. The third-order valence-electron chi connectivity index (χ3n) is 13.9. The number of methoxy groups -OCH3 is 7. The van der Waals surface area contributed by atoms with Crippen LogP contribution in [0.2, 0.25) is 0 Å². The second kappa shape index (κ2) is 32.2. The molecular formula is C54H87NO13. The molecule has 2 bridgehead atoms. The fraction of sp³-hybridized carbons (Fsp3) is 0.704. The standard InChI is InChI=1S/C54H87NO13/c1-35-18-16-20-51(58)68-54(41(7)53(66-15)37(3)23-26-46(57)39(5)47(63-12)19-17-27-55(8)34-56)38(4)22-25-43(60-9)32-48(64-13)36(2)21-24-44(61-10)33-49(65-14)40(6)50-30-42(31-52(59)67-50)29-45(28-35)62-11/h16-18,20-22,24-25,27,31,34,36-41,43-45,47-50,53-54H,19,23,26,28-30,32-33H2,1-15H3/b20-16-,24-21+,25-22+,27-17+,35-18+/t36-,37-,38-,39-,40+,41-,43-,44+,45+,47+,48-,49-,50+,53-,54-/m0/s1. The Hall–Kier alpha value is -3.76. The zero-order valence-electron chi connectivity index (χ0n) is 43.9. The number of ether oxygens (including phenoxy) is 9. The van der Waals surface area contributed by atoms with Crippen molar-refractivity contribution < 1.29 is 61.8 Å². The van der Waals surface area contributed by atoms with E-state index in [9.17, 15) is 19.2 Å². The van der Waals surface area contributed by atoms with E-state index in [1.807, 2.05) is 65.0 Å². The van der Waals surface area contributed by atoms with Gasteiger partial charge in [-0.1, -0.05) is 95.2 Å². The molecule has 2 heterocycles. The number of ketones is 1. The van der Waals surface area contributed by atoms with Gasteiger partial charge in [0.2, 0.25) is 6.41 Å². The molecule has 14 nitrogen and oxygen atoms in total. The zero-order chi connectivity index (χ0) is 50.9. The van der Waals surface area contributed by atoms with E-state index in [1.54, 1.807) is 75.2 Å². The SMILES string of the molecule is CO[C@H]1CC2=CC(=O)O[C@H](C2)[C@H](C)[C@@H](OC)C[C@H](OC)/C=C/[C@H](C)[C@@H](OC)C[C@@H](OC)/C=C/[C@H](C)[C@@H]([C@@H](C)[C@@H](OC)[C@@H](C)CCC(=O)[C@H](C)[C@@H](C/C=C/N(C)C=O)OC)OC(=O)/C=C\C=C(/C)C1. The van der Waals surface area contributed by atoms with Crippen molar-refractivity contribution in [2.24, 2.45) is 35.5 Å². The van der Waals surface area contributed by atoms with Gasteiger partial charge in [-0.2, -0.15) is 0 Å². The van der Waals surface area contributed by atoms with Gasteiger partial charge in [0.05, 0.1) is 42.7 Å². The second-order valence-corrected chi connectivity index (χ2v) is 18.9. The molecular weight excluding hydrogens is 871 g/mol. The summed E-state index contributed by atoms with van der Waals surface area (Å²) in [5, 5.41) is 0. The Balaban J connectivity index is 2.49. The quantitative estimate of drug-likeness (QED) is 0.0691. The lowest BCUT2D eigenvalue weighted by molar-refractivity contribution is -0.152. The monoisotopic (exact) mass is 958 g/mol. The average Bonchev–Trinajstić information content (AvgIpc) is 3.32. The molecule has 2 aliphatic rings. The first kappa shape index (κ1) is 60.4. The molecule has 0 aliphatic carbocycles. The van der Waals surface area contributed by atoms with Crippen molar-refractivity contribution in [3.8, 4) is 0 Å². The number of carbonyl (C=O) groups excluding carboxylic acids is 4. The Bertz CT molecular complexity index is 1700. The van der Waals surface area contributed by atoms with Crippen molar-refractivity contribution in [3.05, 3.63) is 72.0 Å². The predicted molar refractivity (Wildman–Crippen MR) is 264 cm³/mol. The van der Waals surface area contributed by atoms with Crippen molar-refractivity contribution in [2.45, 2.75) is 155 Å². The number of fused-ring (bicyclic) bond motifs is 2. The maximum absolute atomic E-state index is 13.7. The van der Waals surface area contributed by atoms with Gasteiger partial charge in [-0.25, -0.2) is 9.59 Å². The minimum absolute atomic E-state index is 0.0107. The van der Waals surface area contributed by atoms with Crippen molar-refractivity contribution >= 4 is 24.1 Å². The normalized spacial score (nSPS) is 31.9. The van der Waals surface area contributed by atoms with Crippen molar-refractivity contribution in [1.82, 2.24) is 4.90 Å². The highest BCUT2D eigenvalue weighted by Crippen LogP contribution is 2.33. The number of cyclic esters (lactones) is 1. The Morgan fingerprint density at radius 3 is 2.00 bits per heavy atom. The molecule has 15 atom stereocenters. The smallest absolute Gasteiger partial charge is 0.331 e. The summed E-state index contributed by atoms with van der Waals surface area (Å²) in [7, 11) is 13.3. The highest BCUT2D eigenvalue weighted by Gasteiger charge is 2.37. The number of esters is 2. The molecule has 0 saturated heterocycles. The third-order valence-corrected chi connectivity index (χ3v) is 13.9. The number of rotatable bonds is 19. The van der Waals surface area contributed by atoms with Crippen LogP contribution in [0.25, 0.3) is 0 Å². The predicted octanol–water partition coefficient (Wildman–Crippen LogP) is 8.59. The summed E-state index contributed by atoms with van der Waals surface area (Å²) >= 11 is 0. The van der Waals surface area contributed by atoms with E-state index in [1.165, 1.54) is 11.0 Å². The van der Waals surface area contributed by atoms with E-state index in [2.05, 4.69) is 19.9 Å². The van der Waals surface area contributed by atoms with E-state index in [-0.39, 0.29) is 96.1 Å². The Kier molecular flexibility index (Phi) is 28.6. The average molecular weight is 958 g/mol. The molecule has 0 spiro atoms. The molecule has 0 radical (unpaired) electrons. The van der Waals surface area contributed by atoms with Crippen LogP contribution in [0.15, 0.2) is 72.0 Å². The highest BCUT2D eigenvalue weighted by molar-refractivity contribution is 5.84. The summed E-state index contributed by atoms with van der Waals surface area (Å²) in [5.74, 6) is -1.91. The Morgan fingerprint density at radius 2 is 1.43 bits per heavy atom. The molecule has 0 unspecified atom stereocenters. The lowest BCUT2D eigenvalue weighted by Crippen LogP contribution is -2.41. The maximum Gasteiger partial charge on any atom is 0.331 e. The lowest BCUT2D eigenvalue weighted by Gasteiger charge is -2.35. The zero-order valence-corrected chi connectivity index (χ0v) is 43.9. The topological polar surface area (TPSA) is 155 Å². The minimum atomic E-state index is -0.609. The summed E-state index contributed by atoms with van der Waals surface area (Å²) in [6, 6.07) is 0. The molecule has 2 aliphatic heterocycles. The van der Waals surface area contributed by atoms with Crippen LogP contribution in [0.5, 0.6) is 0 Å². The van der Waals surface area contributed by atoms with Gasteiger partial charge < -0.3 is 47.5 Å². The number of amides is 1. The first-order chi connectivity index (χ1) is 32.4. The van der Waals surface area contributed by atoms with Crippen LogP contribution in [0.1, 0.15) is 99.8 Å². The van der Waals surface area contributed by atoms with Crippen LogP contribution in [0, 0.1) is 35.5 Å². The van der Waals surface area contributed by atoms with E-state index in [4.69, 9.17) is 42.6 Å². The number of hydrogen-bond donors (Lipinski definition) is 0. The van der Waals surface area contributed by atoms with Crippen LogP contribution in [0.3, 0.4) is 0 Å². The van der Waals surface area contributed by atoms with Gasteiger partial charge in [0.1, 0.15) is 18.0 Å². The minimum Gasteiger partial charge on any atom is -0.458 e. The van der Waals surface area contributed by atoms with Crippen LogP contribution in [-0.2, 0) is 61.8 Å². The third kappa shape index (κ3) is 20.3. The molecule has 0 fully saturated rings. The van der Waals surface area contributed by atoms with Gasteiger partial charge in [-0.15, -0.1) is 0 Å². The number of carbonyl (C=O) groups is 4. The van der Waals surface area contributed by atoms with Crippen molar-refractivity contribution in [1.29, 1.82) is 0 Å². The van der Waals surface area contributed by atoms with Gasteiger partial charge in [0, 0.05) is 130 Å². The number of nitrogens with zero attached hydrogens (tertiary/aromatic N) is 1. The summed E-state index contributed by atoms with van der Waals surface area (Å²) < 4.78 is 53.8. The van der Waals surface area contributed by atoms with E-state index >= 15 is 0 Å². The molecule has 2 rings (SSSR count). The summed E-state index contributed by atoms with van der Waals surface area (Å²) in [5.41, 5.74) is 1.93. The van der Waals surface area contributed by atoms with Crippen molar-refractivity contribution in [3.63, 3.8) is 0 Å². The summed E-state index contributed by atoms with van der Waals surface area (Å²) in [6.45, 7) is 14.1. The fourth-order valence-corrected chi connectivity index (χ4v) is 9.37. The van der Waals surface area contributed by atoms with E-state index in [0.717, 1.165) is 11.1 Å². The largest absolute Gasteiger partial charge is 0.458 e. The summed E-state index contributed by atoms with van der Waals surface area (Å²) in [4.78, 5) is 52.5. The van der Waals surface area contributed by atoms with E-state index in [0.29, 0.717) is 57.8 Å². The molecule has 68 heavy (non-hydrogen) atoms. The van der Waals surface area contributed by atoms with Gasteiger partial charge >= 0.3 is 11.9 Å². The van der Waals surface area contributed by atoms with E-state index < -0.39 is 12.1 Å². The first-order valence-corrected chi connectivity index (χ1v) is 24.3. The Morgan fingerprint density at radius 1 is 0.794 bits per heavy atom. The number of Topliss-reactive ketones (excluding diaryl/α,β-unsaturated/α-hetero) is 1. The summed E-state index contributed by atoms with van der Waals surface area (Å²) in [6.07, 6.45) is 20.1. The molecule has 0 saturated carbocycles. The molecule has 0 N–H and O–H groups in total. The lowest BCUT2D eigenvalue weighted by atomic mass is 9.81. The molecule has 0 aromatic rings. The molecule has 1 amide bonds. The van der Waals surface area contributed by atoms with Gasteiger partial charge in [-0.3, -0.25) is 9.59 Å². The molecule has 0 aromatic carbocycles. The Labute approximate surface area is 408 Å². The van der Waals surface area contributed by atoms with Gasteiger partial charge in [-0.05, 0) is 38.5 Å². The van der Waals surface area contributed by atoms with Crippen LogP contribution in [0.4, 0.5) is 0 Å². The van der Waals surface area contributed by atoms with Crippen LogP contribution in [-0.4, -0.2) is 141 Å². The second-order valence-electron chi connectivity index (χ2n) is 18.9. The number of hydrogen-bond acceptors (Lipinski definition) is 13. The van der Waals surface area contributed by atoms with Crippen LogP contribution < -0.4 is 0 Å². The van der Waals surface area contributed by atoms with Gasteiger partial charge in [0.15, 0.2) is 0 Å². The first-order valence-electron chi connectivity index (χ1n) is 24.3. The molecule has 14 heteroatoms. The van der Waals surface area contributed by atoms with Gasteiger partial charge in [0.25, 0.3) is 0 Å².